The summed E-state index contributed by atoms with van der Waals surface area (Å²) in [7, 11) is 3.23. The van der Waals surface area contributed by atoms with Gasteiger partial charge in [-0.25, -0.2) is 0 Å². The summed E-state index contributed by atoms with van der Waals surface area (Å²) >= 11 is 0. The van der Waals surface area contributed by atoms with Crippen molar-refractivity contribution in [2.24, 2.45) is 0 Å². The molecule has 1 amide bonds. The highest BCUT2D eigenvalue weighted by atomic mass is 16.5. The molecule has 0 bridgehead atoms. The number of carbonyl (C=O) groups is 1. The van der Waals surface area contributed by atoms with Crippen LogP contribution in [0.1, 0.15) is 22.7 Å². The second-order valence-corrected chi connectivity index (χ2v) is 6.92. The Balaban J connectivity index is 1.54. The lowest BCUT2D eigenvalue weighted by atomic mass is 9.99. The Morgan fingerprint density at radius 2 is 1.43 bits per heavy atom. The molecule has 3 aromatic carbocycles. The van der Waals surface area contributed by atoms with E-state index in [1.54, 1.807) is 14.2 Å². The van der Waals surface area contributed by atoms with Crippen molar-refractivity contribution >= 4 is 5.91 Å². The minimum absolute atomic E-state index is 0.0349. The van der Waals surface area contributed by atoms with E-state index < -0.39 is 0 Å². The van der Waals surface area contributed by atoms with Crippen molar-refractivity contribution in [3.05, 3.63) is 95.6 Å². The first kappa shape index (κ1) is 21.4. The molecule has 3 aromatic rings. The van der Waals surface area contributed by atoms with Crippen molar-refractivity contribution in [2.75, 3.05) is 27.3 Å². The first-order valence-electron chi connectivity index (χ1n) is 10.0. The van der Waals surface area contributed by atoms with Gasteiger partial charge in [-0.05, 0) is 35.2 Å². The number of ether oxygens (including phenoxy) is 2. The molecular formula is C25H28N2O3. The molecule has 0 saturated carbocycles. The van der Waals surface area contributed by atoms with Gasteiger partial charge in [0.05, 0.1) is 26.8 Å². The van der Waals surface area contributed by atoms with E-state index in [1.807, 2.05) is 54.6 Å². The molecule has 5 nitrogen and oxygen atoms in total. The molecule has 0 saturated heterocycles. The third-order valence-electron chi connectivity index (χ3n) is 4.92. The molecular weight excluding hydrogens is 376 g/mol. The van der Waals surface area contributed by atoms with E-state index in [0.29, 0.717) is 24.5 Å². The summed E-state index contributed by atoms with van der Waals surface area (Å²) in [4.78, 5) is 12.4. The van der Waals surface area contributed by atoms with Crippen molar-refractivity contribution in [2.45, 2.75) is 12.5 Å². The second kappa shape index (κ2) is 11.0. The summed E-state index contributed by atoms with van der Waals surface area (Å²) in [6, 6.07) is 26.1. The van der Waals surface area contributed by atoms with Gasteiger partial charge in [0, 0.05) is 6.54 Å². The molecule has 30 heavy (non-hydrogen) atoms. The molecule has 0 aliphatic rings. The highest BCUT2D eigenvalue weighted by molar-refractivity contribution is 5.78. The maximum absolute atomic E-state index is 12.4. The van der Waals surface area contributed by atoms with Gasteiger partial charge in [-0.2, -0.15) is 0 Å². The molecule has 156 valence electrons. The van der Waals surface area contributed by atoms with Gasteiger partial charge in [0.15, 0.2) is 11.5 Å². The van der Waals surface area contributed by atoms with E-state index in [9.17, 15) is 4.79 Å². The summed E-state index contributed by atoms with van der Waals surface area (Å²) in [5, 5.41) is 6.37. The van der Waals surface area contributed by atoms with Gasteiger partial charge in [-0.1, -0.05) is 66.7 Å². The smallest absolute Gasteiger partial charge is 0.233 e. The summed E-state index contributed by atoms with van der Waals surface area (Å²) in [6.45, 7) is 0.789. The zero-order valence-electron chi connectivity index (χ0n) is 17.4. The van der Waals surface area contributed by atoms with Crippen LogP contribution in [-0.4, -0.2) is 33.2 Å². The molecule has 0 atom stereocenters. The summed E-state index contributed by atoms with van der Waals surface area (Å²) in [6.07, 6.45) is 0.715. The normalized spacial score (nSPS) is 10.6. The van der Waals surface area contributed by atoms with Crippen LogP contribution in [0.5, 0.6) is 11.5 Å². The van der Waals surface area contributed by atoms with Crippen molar-refractivity contribution in [1.29, 1.82) is 0 Å². The Morgan fingerprint density at radius 1 is 0.833 bits per heavy atom. The summed E-state index contributed by atoms with van der Waals surface area (Å²) in [5.41, 5.74) is 3.33. The van der Waals surface area contributed by atoms with Crippen LogP contribution in [0.2, 0.25) is 0 Å². The Kier molecular flexibility index (Phi) is 7.86. The molecule has 0 unspecified atom stereocenters. The quantitative estimate of drug-likeness (QED) is 0.540. The second-order valence-electron chi connectivity index (χ2n) is 6.92. The molecule has 3 rings (SSSR count). The highest BCUT2D eigenvalue weighted by Gasteiger charge is 2.14. The molecule has 2 N–H and O–H groups in total. The van der Waals surface area contributed by atoms with E-state index in [4.69, 9.17) is 9.47 Å². The van der Waals surface area contributed by atoms with Crippen molar-refractivity contribution in [3.8, 4) is 11.5 Å². The van der Waals surface area contributed by atoms with E-state index in [1.165, 1.54) is 0 Å². The standard InChI is InChI=1S/C25H28N2O3/c1-29-22-14-13-19(17-23(22)30-2)15-16-26-24(28)18-27-25(20-9-5-3-6-10-20)21-11-7-4-8-12-21/h3-14,17,25,27H,15-16,18H2,1-2H3,(H,26,28). The van der Waals surface area contributed by atoms with E-state index in [2.05, 4.69) is 34.9 Å². The van der Waals surface area contributed by atoms with Gasteiger partial charge in [0.1, 0.15) is 0 Å². The van der Waals surface area contributed by atoms with E-state index in [0.717, 1.165) is 16.7 Å². The van der Waals surface area contributed by atoms with Crippen LogP contribution in [0, 0.1) is 0 Å². The Hall–Kier alpha value is -3.31. The lowest BCUT2D eigenvalue weighted by Crippen LogP contribution is -2.37. The minimum Gasteiger partial charge on any atom is -0.493 e. The average Bonchev–Trinajstić information content (AvgIpc) is 2.80. The fourth-order valence-electron chi connectivity index (χ4n) is 3.36. The number of benzene rings is 3. The van der Waals surface area contributed by atoms with Gasteiger partial charge in [0.2, 0.25) is 5.91 Å². The molecule has 0 fully saturated rings. The van der Waals surface area contributed by atoms with Crippen LogP contribution in [0.25, 0.3) is 0 Å². The number of hydrogen-bond donors (Lipinski definition) is 2. The number of rotatable bonds is 10. The minimum atomic E-state index is -0.0380. The summed E-state index contributed by atoms with van der Waals surface area (Å²) < 4.78 is 10.6. The molecule has 0 spiro atoms. The predicted octanol–water partition coefficient (Wildman–Crippen LogP) is 3.74. The van der Waals surface area contributed by atoms with Gasteiger partial charge < -0.3 is 14.8 Å². The topological polar surface area (TPSA) is 59.6 Å². The van der Waals surface area contributed by atoms with E-state index >= 15 is 0 Å². The largest absolute Gasteiger partial charge is 0.493 e. The lowest BCUT2D eigenvalue weighted by molar-refractivity contribution is -0.120. The predicted molar refractivity (Wildman–Crippen MR) is 119 cm³/mol. The van der Waals surface area contributed by atoms with Gasteiger partial charge in [-0.3, -0.25) is 10.1 Å². The Morgan fingerprint density at radius 3 is 2.00 bits per heavy atom. The Labute approximate surface area is 178 Å². The van der Waals surface area contributed by atoms with Crippen LogP contribution in [0.4, 0.5) is 0 Å². The zero-order valence-corrected chi connectivity index (χ0v) is 17.4. The van der Waals surface area contributed by atoms with Gasteiger partial charge in [0.25, 0.3) is 0 Å². The first-order valence-corrected chi connectivity index (χ1v) is 10.0. The molecule has 0 aromatic heterocycles. The zero-order chi connectivity index (χ0) is 21.2. The third-order valence-corrected chi connectivity index (χ3v) is 4.92. The molecule has 0 aliphatic carbocycles. The van der Waals surface area contributed by atoms with Crippen LogP contribution in [-0.2, 0) is 11.2 Å². The first-order chi connectivity index (χ1) is 14.7. The average molecular weight is 405 g/mol. The monoisotopic (exact) mass is 404 g/mol. The maximum Gasteiger partial charge on any atom is 0.233 e. The number of carbonyl (C=O) groups excluding carboxylic acids is 1. The maximum atomic E-state index is 12.4. The molecule has 0 heterocycles. The fraction of sp³-hybridized carbons (Fsp3) is 0.240. The summed E-state index contributed by atoms with van der Waals surface area (Å²) in [5.74, 6) is 1.35. The molecule has 5 heteroatoms. The number of amides is 1. The van der Waals surface area contributed by atoms with Crippen LogP contribution in [0.3, 0.4) is 0 Å². The van der Waals surface area contributed by atoms with Gasteiger partial charge in [-0.15, -0.1) is 0 Å². The number of hydrogen-bond acceptors (Lipinski definition) is 4. The lowest BCUT2D eigenvalue weighted by Gasteiger charge is -2.19. The van der Waals surface area contributed by atoms with E-state index in [-0.39, 0.29) is 18.5 Å². The Bertz CT molecular complexity index is 890. The molecule has 0 radical (unpaired) electrons. The van der Waals surface area contributed by atoms with Gasteiger partial charge >= 0.3 is 0 Å². The third kappa shape index (κ3) is 5.84. The molecule has 0 aliphatic heterocycles. The van der Waals surface area contributed by atoms with Crippen LogP contribution < -0.4 is 20.1 Å². The number of methoxy groups -OCH3 is 2. The van der Waals surface area contributed by atoms with Crippen LogP contribution >= 0.6 is 0 Å². The van der Waals surface area contributed by atoms with Crippen molar-refractivity contribution in [3.63, 3.8) is 0 Å². The van der Waals surface area contributed by atoms with Crippen molar-refractivity contribution < 1.29 is 14.3 Å². The van der Waals surface area contributed by atoms with Crippen molar-refractivity contribution in [1.82, 2.24) is 10.6 Å². The van der Waals surface area contributed by atoms with Crippen LogP contribution in [0.15, 0.2) is 78.9 Å². The highest BCUT2D eigenvalue weighted by Crippen LogP contribution is 2.27. The fourth-order valence-corrected chi connectivity index (χ4v) is 3.36. The number of nitrogens with one attached hydrogen (secondary N) is 2. The SMILES string of the molecule is COc1ccc(CCNC(=O)CNC(c2ccccc2)c2ccccc2)cc1OC.